The topological polar surface area (TPSA) is 101 Å². The van der Waals surface area contributed by atoms with Gasteiger partial charge in [0, 0.05) is 22.5 Å². The van der Waals surface area contributed by atoms with E-state index in [1.54, 1.807) is 6.07 Å². The second-order valence-electron chi connectivity index (χ2n) is 4.78. The van der Waals surface area contributed by atoms with Crippen LogP contribution in [0.3, 0.4) is 0 Å². The maximum absolute atomic E-state index is 12.4. The van der Waals surface area contributed by atoms with Gasteiger partial charge in [-0.05, 0) is 34.0 Å². The quantitative estimate of drug-likeness (QED) is 0.693. The average molecular weight is 394 g/mol. The van der Waals surface area contributed by atoms with E-state index in [1.807, 2.05) is 13.8 Å². The average Bonchev–Trinajstić information content (AvgIpc) is 2.81. The number of aromatic amines is 1. The van der Waals surface area contributed by atoms with Crippen molar-refractivity contribution in [2.45, 2.75) is 24.7 Å². The number of halogens is 2. The van der Waals surface area contributed by atoms with E-state index in [4.69, 9.17) is 17.3 Å². The van der Waals surface area contributed by atoms with Crippen molar-refractivity contribution < 1.29 is 8.42 Å². The largest absolute Gasteiger partial charge is 0.398 e. The molecule has 0 radical (unpaired) electrons. The summed E-state index contributed by atoms with van der Waals surface area (Å²) in [6, 6.07) is 4.43. The van der Waals surface area contributed by atoms with Crippen molar-refractivity contribution in [2.24, 2.45) is 0 Å². The van der Waals surface area contributed by atoms with Crippen LogP contribution in [0, 0.1) is 0 Å². The second-order valence-corrected chi connectivity index (χ2v) is 7.66. The first-order valence-electron chi connectivity index (χ1n) is 6.03. The Labute approximate surface area is 136 Å². The zero-order chi connectivity index (χ0) is 15.8. The van der Waals surface area contributed by atoms with Crippen molar-refractivity contribution in [3.8, 4) is 0 Å². The van der Waals surface area contributed by atoms with Gasteiger partial charge in [-0.15, -0.1) is 0 Å². The van der Waals surface area contributed by atoms with E-state index in [0.29, 0.717) is 0 Å². The van der Waals surface area contributed by atoms with Crippen molar-refractivity contribution in [3.05, 3.63) is 33.4 Å². The van der Waals surface area contributed by atoms with Crippen molar-refractivity contribution in [1.29, 1.82) is 0 Å². The lowest BCUT2D eigenvalue weighted by atomic mass is 10.1. The smallest absolute Gasteiger partial charge is 0.264 e. The number of benzene rings is 1. The summed E-state index contributed by atoms with van der Waals surface area (Å²) in [6.07, 6.45) is 0. The summed E-state index contributed by atoms with van der Waals surface area (Å²) in [5.41, 5.74) is 6.78. The molecule has 4 N–H and O–H groups in total. The minimum Gasteiger partial charge on any atom is -0.398 e. The van der Waals surface area contributed by atoms with Crippen molar-refractivity contribution in [1.82, 2.24) is 10.2 Å². The Morgan fingerprint density at radius 1 is 1.38 bits per heavy atom. The lowest BCUT2D eigenvalue weighted by molar-refractivity contribution is 0.600. The van der Waals surface area contributed by atoms with E-state index < -0.39 is 10.0 Å². The number of nitrogen functional groups attached to an aromatic ring is 1. The number of nitrogens with one attached hydrogen (secondary N) is 2. The van der Waals surface area contributed by atoms with Gasteiger partial charge in [-0.25, -0.2) is 8.42 Å². The zero-order valence-corrected chi connectivity index (χ0v) is 14.5. The van der Waals surface area contributed by atoms with Crippen molar-refractivity contribution in [3.63, 3.8) is 0 Å². The highest BCUT2D eigenvalue weighted by atomic mass is 79.9. The fraction of sp³-hybridized carbons (Fsp3) is 0.250. The van der Waals surface area contributed by atoms with Crippen LogP contribution in [-0.4, -0.2) is 18.6 Å². The maximum atomic E-state index is 12.4. The fourth-order valence-electron chi connectivity index (χ4n) is 1.66. The molecule has 0 unspecified atom stereocenters. The minimum absolute atomic E-state index is 0.0402. The van der Waals surface area contributed by atoms with E-state index in [1.165, 1.54) is 12.1 Å². The minimum atomic E-state index is -3.85. The molecular formula is C12H14BrClN4O2S. The van der Waals surface area contributed by atoms with Gasteiger partial charge in [-0.3, -0.25) is 9.82 Å². The third-order valence-corrected chi connectivity index (χ3v) is 5.52. The fourth-order valence-corrected chi connectivity index (χ4v) is 3.94. The summed E-state index contributed by atoms with van der Waals surface area (Å²) in [7, 11) is -3.85. The van der Waals surface area contributed by atoms with Gasteiger partial charge in [0.15, 0.2) is 5.82 Å². The zero-order valence-electron chi connectivity index (χ0n) is 11.3. The SMILES string of the molecule is CC(C)c1cc(NS(=O)(=O)c2cc(Cl)cc(N)c2Br)n[nH]1. The molecular weight excluding hydrogens is 380 g/mol. The molecule has 114 valence electrons. The number of nitrogens with two attached hydrogens (primary N) is 1. The molecule has 0 aliphatic carbocycles. The Morgan fingerprint density at radius 2 is 2.05 bits per heavy atom. The molecule has 21 heavy (non-hydrogen) atoms. The Kier molecular flexibility index (Phi) is 4.50. The number of anilines is 2. The van der Waals surface area contributed by atoms with E-state index in [0.717, 1.165) is 5.69 Å². The van der Waals surface area contributed by atoms with Crippen LogP contribution in [0.25, 0.3) is 0 Å². The molecule has 0 saturated heterocycles. The van der Waals surface area contributed by atoms with Crippen LogP contribution in [0.2, 0.25) is 5.02 Å². The second kappa shape index (κ2) is 5.86. The number of rotatable bonds is 4. The summed E-state index contributed by atoms with van der Waals surface area (Å²) < 4.78 is 27.4. The van der Waals surface area contributed by atoms with Crippen LogP contribution >= 0.6 is 27.5 Å². The number of H-pyrrole nitrogens is 1. The van der Waals surface area contributed by atoms with Crippen LogP contribution in [0.15, 0.2) is 27.6 Å². The first-order chi connectivity index (χ1) is 9.70. The van der Waals surface area contributed by atoms with Gasteiger partial charge < -0.3 is 5.73 Å². The van der Waals surface area contributed by atoms with Crippen LogP contribution < -0.4 is 10.5 Å². The van der Waals surface area contributed by atoms with Gasteiger partial charge >= 0.3 is 0 Å². The van der Waals surface area contributed by atoms with Gasteiger partial charge in [0.2, 0.25) is 0 Å². The first kappa shape index (κ1) is 16.1. The number of nitrogens with zero attached hydrogens (tertiary/aromatic N) is 1. The van der Waals surface area contributed by atoms with Crippen LogP contribution in [0.1, 0.15) is 25.5 Å². The molecule has 0 aliphatic rings. The summed E-state index contributed by atoms with van der Waals surface area (Å²) >= 11 is 9.02. The van der Waals surface area contributed by atoms with Gasteiger partial charge in [0.05, 0.1) is 4.47 Å². The van der Waals surface area contributed by atoms with Gasteiger partial charge in [0.1, 0.15) is 4.90 Å². The van der Waals surface area contributed by atoms with Gasteiger partial charge in [-0.1, -0.05) is 25.4 Å². The molecule has 0 fully saturated rings. The van der Waals surface area contributed by atoms with Gasteiger partial charge in [0.25, 0.3) is 10.0 Å². The van der Waals surface area contributed by atoms with Gasteiger partial charge in [-0.2, -0.15) is 5.10 Å². The molecule has 0 aliphatic heterocycles. The Balaban J connectivity index is 2.38. The highest BCUT2D eigenvalue weighted by Crippen LogP contribution is 2.32. The predicted octanol–water partition coefficient (Wildman–Crippen LogP) is 3.33. The summed E-state index contributed by atoms with van der Waals surface area (Å²) in [5, 5.41) is 6.94. The normalized spacial score (nSPS) is 11.9. The highest BCUT2D eigenvalue weighted by molar-refractivity contribution is 9.10. The molecule has 1 aromatic heterocycles. The lowest BCUT2D eigenvalue weighted by Gasteiger charge is -2.09. The Bertz CT molecular complexity index is 774. The summed E-state index contributed by atoms with van der Waals surface area (Å²) in [4.78, 5) is -0.0402. The summed E-state index contributed by atoms with van der Waals surface area (Å²) in [6.45, 7) is 3.94. The van der Waals surface area contributed by atoms with E-state index >= 15 is 0 Å². The highest BCUT2D eigenvalue weighted by Gasteiger charge is 2.21. The molecule has 2 aromatic rings. The van der Waals surface area contributed by atoms with E-state index in [2.05, 4.69) is 30.8 Å². The van der Waals surface area contributed by atoms with E-state index in [-0.39, 0.29) is 31.8 Å². The van der Waals surface area contributed by atoms with Crippen LogP contribution in [0.4, 0.5) is 11.5 Å². The number of hydrogen-bond acceptors (Lipinski definition) is 4. The molecule has 0 amide bonds. The molecule has 0 saturated carbocycles. The predicted molar refractivity (Wildman–Crippen MR) is 87.0 cm³/mol. The van der Waals surface area contributed by atoms with Crippen molar-refractivity contribution >= 4 is 49.1 Å². The van der Waals surface area contributed by atoms with Crippen molar-refractivity contribution in [2.75, 3.05) is 10.5 Å². The Morgan fingerprint density at radius 3 is 2.62 bits per heavy atom. The van der Waals surface area contributed by atoms with Crippen LogP contribution in [0.5, 0.6) is 0 Å². The molecule has 0 bridgehead atoms. The monoisotopic (exact) mass is 392 g/mol. The number of hydrogen-bond donors (Lipinski definition) is 3. The molecule has 9 heteroatoms. The lowest BCUT2D eigenvalue weighted by Crippen LogP contribution is -2.14. The molecule has 1 heterocycles. The molecule has 0 atom stereocenters. The Hall–Kier alpha value is -1.25. The molecule has 2 rings (SSSR count). The molecule has 1 aromatic carbocycles. The number of aromatic nitrogens is 2. The summed E-state index contributed by atoms with van der Waals surface area (Å²) in [5.74, 6) is 0.424. The maximum Gasteiger partial charge on any atom is 0.264 e. The van der Waals surface area contributed by atoms with Crippen LogP contribution in [-0.2, 0) is 10.0 Å². The first-order valence-corrected chi connectivity index (χ1v) is 8.68. The molecule has 0 spiro atoms. The standard InChI is InChI=1S/C12H14BrClN4O2S/c1-6(2)9-5-11(17-16-9)18-21(19,20)10-4-7(14)3-8(15)12(10)13/h3-6H,15H2,1-2H3,(H2,16,17,18). The third kappa shape index (κ3) is 3.50. The number of sulfonamides is 1. The van der Waals surface area contributed by atoms with E-state index in [9.17, 15) is 8.42 Å². The third-order valence-electron chi connectivity index (χ3n) is 2.78. The molecule has 6 nitrogen and oxygen atoms in total.